The number of hydrogen-bond acceptors (Lipinski definition) is 4. The molecule has 0 saturated heterocycles. The number of amides is 1. The summed E-state index contributed by atoms with van der Waals surface area (Å²) in [5.41, 5.74) is -1.36. The molecule has 5 nitrogen and oxygen atoms in total. The van der Waals surface area contributed by atoms with Gasteiger partial charge in [0, 0.05) is 19.1 Å². The number of unbranched alkanes of at least 4 members (excludes halogenated alkanes) is 1. The van der Waals surface area contributed by atoms with Gasteiger partial charge in [0.2, 0.25) is 5.91 Å². The van der Waals surface area contributed by atoms with Gasteiger partial charge in [0.15, 0.2) is 0 Å². The average Bonchev–Trinajstić information content (AvgIpc) is 2.15. The van der Waals surface area contributed by atoms with Crippen molar-refractivity contribution in [3.05, 3.63) is 0 Å². The van der Waals surface area contributed by atoms with E-state index in [4.69, 9.17) is 5.11 Å². The van der Waals surface area contributed by atoms with E-state index in [-0.39, 0.29) is 18.6 Å². The highest BCUT2D eigenvalue weighted by Crippen LogP contribution is 2.16. The smallest absolute Gasteiger partial charge is 0.330 e. The molecule has 0 aromatic carbocycles. The van der Waals surface area contributed by atoms with Gasteiger partial charge in [-0.1, -0.05) is 0 Å². The first-order chi connectivity index (χ1) is 6.98. The summed E-state index contributed by atoms with van der Waals surface area (Å²) in [6.45, 7) is 1.25. The largest absolute Gasteiger partial charge is 0.479 e. The molecule has 0 heterocycles. The molecule has 6 heteroatoms. The van der Waals surface area contributed by atoms with Crippen molar-refractivity contribution < 1.29 is 19.5 Å². The van der Waals surface area contributed by atoms with Crippen LogP contribution in [0.5, 0.6) is 0 Å². The molecule has 2 N–H and O–H groups in total. The first-order valence-electron chi connectivity index (χ1n) is 4.55. The van der Waals surface area contributed by atoms with E-state index >= 15 is 0 Å². The standard InChI is InChI=1S/C9H15NO4S/c1-7(12)10-9(6-15,8(13)14)4-2-3-5-11/h5,15H,2-4,6H2,1H3,(H,10,12)(H,13,14)/t9-/m0/s1. The SMILES string of the molecule is CC(=O)N[C@](CS)(CCCC=O)C(=O)O. The Bertz CT molecular complexity index is 256. The van der Waals surface area contributed by atoms with E-state index < -0.39 is 17.4 Å². The number of carboxylic acid groups (broad SMARTS) is 1. The summed E-state index contributed by atoms with van der Waals surface area (Å²) in [6, 6.07) is 0. The Morgan fingerprint density at radius 1 is 1.53 bits per heavy atom. The zero-order valence-corrected chi connectivity index (χ0v) is 9.42. The molecule has 1 amide bonds. The van der Waals surface area contributed by atoms with Crippen LogP contribution in [-0.4, -0.2) is 34.6 Å². The molecule has 0 spiro atoms. The fourth-order valence-electron chi connectivity index (χ4n) is 1.23. The molecule has 1 atom stereocenters. The van der Waals surface area contributed by atoms with E-state index in [2.05, 4.69) is 17.9 Å². The molecular weight excluding hydrogens is 218 g/mol. The Morgan fingerprint density at radius 3 is 2.47 bits per heavy atom. The van der Waals surface area contributed by atoms with E-state index in [1.54, 1.807) is 0 Å². The number of aldehydes is 1. The Labute approximate surface area is 93.6 Å². The zero-order chi connectivity index (χ0) is 11.9. The van der Waals surface area contributed by atoms with Crippen molar-refractivity contribution >= 4 is 30.8 Å². The van der Waals surface area contributed by atoms with Crippen LogP contribution in [0.3, 0.4) is 0 Å². The minimum Gasteiger partial charge on any atom is -0.479 e. The van der Waals surface area contributed by atoms with Crippen molar-refractivity contribution in [2.45, 2.75) is 31.7 Å². The Hall–Kier alpha value is -1.04. The number of hydrogen-bond donors (Lipinski definition) is 3. The topological polar surface area (TPSA) is 83.5 Å². The van der Waals surface area contributed by atoms with Crippen molar-refractivity contribution in [2.75, 3.05) is 5.75 Å². The lowest BCUT2D eigenvalue weighted by atomic mass is 9.94. The van der Waals surface area contributed by atoms with Crippen LogP contribution >= 0.6 is 12.6 Å². The first-order valence-corrected chi connectivity index (χ1v) is 5.18. The fraction of sp³-hybridized carbons (Fsp3) is 0.667. The summed E-state index contributed by atoms with van der Waals surface area (Å²) in [6.07, 6.45) is 1.61. The lowest BCUT2D eigenvalue weighted by Gasteiger charge is -2.28. The third-order valence-electron chi connectivity index (χ3n) is 2.02. The maximum absolute atomic E-state index is 11.0. The predicted molar refractivity (Wildman–Crippen MR) is 58.0 cm³/mol. The Kier molecular flexibility index (Phi) is 6.00. The Morgan fingerprint density at radius 2 is 2.13 bits per heavy atom. The normalized spacial score (nSPS) is 14.0. The monoisotopic (exact) mass is 233 g/mol. The van der Waals surface area contributed by atoms with Crippen LogP contribution in [0.4, 0.5) is 0 Å². The summed E-state index contributed by atoms with van der Waals surface area (Å²) < 4.78 is 0. The van der Waals surface area contributed by atoms with E-state index in [1.165, 1.54) is 6.92 Å². The summed E-state index contributed by atoms with van der Waals surface area (Å²) >= 11 is 3.93. The van der Waals surface area contributed by atoms with E-state index in [0.29, 0.717) is 6.42 Å². The van der Waals surface area contributed by atoms with Gasteiger partial charge in [0.25, 0.3) is 0 Å². The maximum Gasteiger partial charge on any atom is 0.330 e. The number of nitrogens with one attached hydrogen (secondary N) is 1. The van der Waals surface area contributed by atoms with Crippen LogP contribution in [-0.2, 0) is 14.4 Å². The highest BCUT2D eigenvalue weighted by Gasteiger charge is 2.37. The minimum atomic E-state index is -1.36. The van der Waals surface area contributed by atoms with Crippen molar-refractivity contribution in [3.63, 3.8) is 0 Å². The second kappa shape index (κ2) is 6.44. The molecule has 86 valence electrons. The lowest BCUT2D eigenvalue weighted by Crippen LogP contribution is -2.55. The summed E-state index contributed by atoms with van der Waals surface area (Å²) in [5, 5.41) is 11.4. The number of carboxylic acids is 1. The predicted octanol–water partition coefficient (Wildman–Crippen LogP) is 0.245. The van der Waals surface area contributed by atoms with Gasteiger partial charge in [-0.2, -0.15) is 12.6 Å². The molecule has 0 aromatic heterocycles. The number of thiol groups is 1. The molecule has 15 heavy (non-hydrogen) atoms. The highest BCUT2D eigenvalue weighted by atomic mass is 32.1. The zero-order valence-electron chi connectivity index (χ0n) is 8.52. The van der Waals surface area contributed by atoms with Crippen LogP contribution in [0, 0.1) is 0 Å². The van der Waals surface area contributed by atoms with E-state index in [0.717, 1.165) is 6.29 Å². The lowest BCUT2D eigenvalue weighted by molar-refractivity contribution is -0.146. The molecule has 0 rings (SSSR count). The summed E-state index contributed by atoms with van der Waals surface area (Å²) in [7, 11) is 0. The minimum absolute atomic E-state index is 0.000764. The third-order valence-corrected chi connectivity index (χ3v) is 2.56. The summed E-state index contributed by atoms with van der Waals surface area (Å²) in [5.74, 6) is -1.54. The van der Waals surface area contributed by atoms with Crippen LogP contribution in [0.15, 0.2) is 0 Å². The van der Waals surface area contributed by atoms with Gasteiger partial charge in [0.1, 0.15) is 11.8 Å². The van der Waals surface area contributed by atoms with Crippen molar-refractivity contribution in [1.82, 2.24) is 5.32 Å². The quantitative estimate of drug-likeness (QED) is 0.334. The fourth-order valence-corrected chi connectivity index (χ4v) is 1.61. The van der Waals surface area contributed by atoms with Crippen LogP contribution in [0.2, 0.25) is 0 Å². The van der Waals surface area contributed by atoms with Crippen LogP contribution in [0.25, 0.3) is 0 Å². The van der Waals surface area contributed by atoms with Gasteiger partial charge in [-0.15, -0.1) is 0 Å². The molecule has 0 saturated carbocycles. The van der Waals surface area contributed by atoms with Crippen LogP contribution in [0.1, 0.15) is 26.2 Å². The van der Waals surface area contributed by atoms with Crippen molar-refractivity contribution in [1.29, 1.82) is 0 Å². The molecule has 0 bridgehead atoms. The van der Waals surface area contributed by atoms with Crippen molar-refractivity contribution in [2.24, 2.45) is 0 Å². The van der Waals surface area contributed by atoms with E-state index in [9.17, 15) is 14.4 Å². The van der Waals surface area contributed by atoms with Gasteiger partial charge >= 0.3 is 5.97 Å². The van der Waals surface area contributed by atoms with Crippen LogP contribution < -0.4 is 5.32 Å². The third kappa shape index (κ3) is 4.33. The molecule has 0 aromatic rings. The molecule has 0 unspecified atom stereocenters. The Balaban J connectivity index is 4.57. The number of aliphatic carboxylic acids is 1. The second-order valence-electron chi connectivity index (χ2n) is 3.29. The molecule has 0 aliphatic heterocycles. The number of carbonyl (C=O) groups excluding carboxylic acids is 2. The molecule has 0 fully saturated rings. The van der Waals surface area contributed by atoms with Gasteiger partial charge in [-0.05, 0) is 12.8 Å². The number of carbonyl (C=O) groups is 3. The van der Waals surface area contributed by atoms with Gasteiger partial charge in [-0.25, -0.2) is 4.79 Å². The van der Waals surface area contributed by atoms with Gasteiger partial charge in [-0.3, -0.25) is 4.79 Å². The first kappa shape index (κ1) is 14.0. The van der Waals surface area contributed by atoms with E-state index in [1.807, 2.05) is 0 Å². The maximum atomic E-state index is 11.0. The highest BCUT2D eigenvalue weighted by molar-refractivity contribution is 7.80. The van der Waals surface area contributed by atoms with Gasteiger partial charge < -0.3 is 15.2 Å². The molecule has 0 aliphatic carbocycles. The second-order valence-corrected chi connectivity index (χ2v) is 3.60. The average molecular weight is 233 g/mol. The van der Waals surface area contributed by atoms with Crippen molar-refractivity contribution in [3.8, 4) is 0 Å². The molecular formula is C9H15NO4S. The number of rotatable bonds is 7. The molecule has 0 radical (unpaired) electrons. The summed E-state index contributed by atoms with van der Waals surface area (Å²) in [4.78, 5) is 32.0. The van der Waals surface area contributed by atoms with Gasteiger partial charge in [0.05, 0.1) is 0 Å². The molecule has 0 aliphatic rings.